The zero-order valence-electron chi connectivity index (χ0n) is 13.1. The fraction of sp³-hybridized carbons (Fsp3) is 0.500. The third kappa shape index (κ3) is 4.95. The largest absolute Gasteiger partial charge is 0.416 e. The van der Waals surface area contributed by atoms with Crippen LogP contribution in [-0.2, 0) is 22.3 Å². The van der Waals surface area contributed by atoms with Crippen LogP contribution >= 0.6 is 0 Å². The summed E-state index contributed by atoms with van der Waals surface area (Å²) in [6, 6.07) is 5.17. The zero-order chi connectivity index (χ0) is 17.7. The first-order chi connectivity index (χ1) is 11.3. The molecule has 1 fully saturated rings. The minimum Gasteiger partial charge on any atom is -0.369 e. The smallest absolute Gasteiger partial charge is 0.369 e. The number of hydrogen-bond acceptors (Lipinski definition) is 3. The highest BCUT2D eigenvalue weighted by Crippen LogP contribution is 2.31. The Morgan fingerprint density at radius 3 is 2.42 bits per heavy atom. The average Bonchev–Trinajstić information content (AvgIpc) is 2.53. The SMILES string of the molecule is NC(=O)C1CCN(CC(=O)NCc2ccccc2C(F)(F)F)CC1. The zero-order valence-corrected chi connectivity index (χ0v) is 13.1. The Balaban J connectivity index is 1.83. The van der Waals surface area contributed by atoms with Crippen molar-refractivity contribution in [2.75, 3.05) is 19.6 Å². The van der Waals surface area contributed by atoms with Crippen molar-refractivity contribution in [3.63, 3.8) is 0 Å². The molecule has 0 unspecified atom stereocenters. The fourth-order valence-corrected chi connectivity index (χ4v) is 2.78. The third-order valence-corrected chi connectivity index (χ3v) is 4.16. The molecule has 0 spiro atoms. The number of likely N-dealkylation sites (tertiary alicyclic amines) is 1. The van der Waals surface area contributed by atoms with Crippen LogP contribution in [0.3, 0.4) is 0 Å². The molecule has 0 aliphatic carbocycles. The Labute approximate surface area is 138 Å². The summed E-state index contributed by atoms with van der Waals surface area (Å²) in [5, 5.41) is 2.52. The van der Waals surface area contributed by atoms with Gasteiger partial charge in [0.15, 0.2) is 0 Å². The molecule has 2 rings (SSSR count). The summed E-state index contributed by atoms with van der Waals surface area (Å²) in [4.78, 5) is 24.9. The van der Waals surface area contributed by atoms with Crippen molar-refractivity contribution >= 4 is 11.8 Å². The van der Waals surface area contributed by atoms with Gasteiger partial charge < -0.3 is 11.1 Å². The van der Waals surface area contributed by atoms with E-state index in [2.05, 4.69) is 5.32 Å². The molecule has 1 aliphatic rings. The number of piperidine rings is 1. The van der Waals surface area contributed by atoms with Gasteiger partial charge in [-0.15, -0.1) is 0 Å². The maximum Gasteiger partial charge on any atom is 0.416 e. The van der Waals surface area contributed by atoms with E-state index in [-0.39, 0.29) is 36.4 Å². The van der Waals surface area contributed by atoms with Gasteiger partial charge >= 0.3 is 6.18 Å². The first-order valence-corrected chi connectivity index (χ1v) is 7.71. The van der Waals surface area contributed by atoms with Gasteiger partial charge in [0, 0.05) is 12.5 Å². The van der Waals surface area contributed by atoms with E-state index in [1.165, 1.54) is 18.2 Å². The van der Waals surface area contributed by atoms with Gasteiger partial charge in [-0.3, -0.25) is 14.5 Å². The molecule has 3 N–H and O–H groups in total. The molecule has 1 heterocycles. The number of nitrogens with one attached hydrogen (secondary N) is 1. The average molecular weight is 343 g/mol. The number of primary amides is 1. The van der Waals surface area contributed by atoms with Crippen LogP contribution in [0.4, 0.5) is 13.2 Å². The Morgan fingerprint density at radius 1 is 1.21 bits per heavy atom. The monoisotopic (exact) mass is 343 g/mol. The number of hydrogen-bond donors (Lipinski definition) is 2. The topological polar surface area (TPSA) is 75.4 Å². The quantitative estimate of drug-likeness (QED) is 0.851. The van der Waals surface area contributed by atoms with E-state index in [0.717, 1.165) is 6.07 Å². The summed E-state index contributed by atoms with van der Waals surface area (Å²) in [7, 11) is 0. The number of amides is 2. The molecule has 0 bridgehead atoms. The van der Waals surface area contributed by atoms with E-state index >= 15 is 0 Å². The Morgan fingerprint density at radius 2 is 1.83 bits per heavy atom. The van der Waals surface area contributed by atoms with Gasteiger partial charge in [-0.25, -0.2) is 0 Å². The van der Waals surface area contributed by atoms with E-state index in [9.17, 15) is 22.8 Å². The fourth-order valence-electron chi connectivity index (χ4n) is 2.78. The van der Waals surface area contributed by atoms with Crippen LogP contribution in [0.25, 0.3) is 0 Å². The minimum atomic E-state index is -4.45. The van der Waals surface area contributed by atoms with Crippen LogP contribution in [0.15, 0.2) is 24.3 Å². The van der Waals surface area contributed by atoms with E-state index < -0.39 is 11.7 Å². The number of benzene rings is 1. The molecular weight excluding hydrogens is 323 g/mol. The number of nitrogens with zero attached hydrogens (tertiary/aromatic N) is 1. The molecular formula is C16H20F3N3O2. The number of halogens is 3. The molecule has 0 aromatic heterocycles. The summed E-state index contributed by atoms with van der Waals surface area (Å²) in [6.45, 7) is 1.06. The molecule has 8 heteroatoms. The minimum absolute atomic E-state index is 0.0331. The maximum absolute atomic E-state index is 12.9. The molecule has 1 saturated heterocycles. The van der Waals surface area contributed by atoms with Crippen LogP contribution in [0, 0.1) is 5.92 Å². The lowest BCUT2D eigenvalue weighted by Crippen LogP contribution is -2.43. The van der Waals surface area contributed by atoms with Gasteiger partial charge in [0.25, 0.3) is 0 Å². The lowest BCUT2D eigenvalue weighted by atomic mass is 9.96. The normalized spacial score (nSPS) is 16.8. The molecule has 24 heavy (non-hydrogen) atoms. The molecule has 1 aromatic carbocycles. The summed E-state index contributed by atoms with van der Waals surface area (Å²) < 4.78 is 38.7. The molecule has 5 nitrogen and oxygen atoms in total. The standard InChI is InChI=1S/C16H20F3N3O2/c17-16(18,19)13-4-2-1-3-12(13)9-21-14(23)10-22-7-5-11(6-8-22)15(20)24/h1-4,11H,5-10H2,(H2,20,24)(H,21,23). The summed E-state index contributed by atoms with van der Waals surface area (Å²) in [5.41, 5.74) is 4.54. The summed E-state index contributed by atoms with van der Waals surface area (Å²) in [5.74, 6) is -0.838. The van der Waals surface area contributed by atoms with Gasteiger partial charge in [-0.05, 0) is 37.6 Å². The van der Waals surface area contributed by atoms with Gasteiger partial charge in [-0.2, -0.15) is 13.2 Å². The Kier molecular flexibility index (Phi) is 5.82. The van der Waals surface area contributed by atoms with Crippen LogP contribution in [0.5, 0.6) is 0 Å². The number of carbonyl (C=O) groups excluding carboxylic acids is 2. The second-order valence-corrected chi connectivity index (χ2v) is 5.88. The van der Waals surface area contributed by atoms with E-state index in [4.69, 9.17) is 5.73 Å². The predicted molar refractivity (Wildman–Crippen MR) is 81.6 cm³/mol. The van der Waals surface area contributed by atoms with Crippen molar-refractivity contribution in [2.45, 2.75) is 25.6 Å². The van der Waals surface area contributed by atoms with Gasteiger partial charge in [0.1, 0.15) is 0 Å². The van der Waals surface area contributed by atoms with Crippen molar-refractivity contribution in [3.05, 3.63) is 35.4 Å². The third-order valence-electron chi connectivity index (χ3n) is 4.16. The number of alkyl halides is 3. The molecule has 0 atom stereocenters. The number of nitrogens with two attached hydrogens (primary N) is 1. The van der Waals surface area contributed by atoms with Gasteiger partial charge in [-0.1, -0.05) is 18.2 Å². The highest BCUT2D eigenvalue weighted by molar-refractivity contribution is 5.78. The van der Waals surface area contributed by atoms with E-state index in [1.54, 1.807) is 0 Å². The molecule has 1 aliphatic heterocycles. The summed E-state index contributed by atoms with van der Waals surface area (Å²) >= 11 is 0. The van der Waals surface area contributed by atoms with Crippen LogP contribution in [0.1, 0.15) is 24.0 Å². The highest BCUT2D eigenvalue weighted by Gasteiger charge is 2.32. The second-order valence-electron chi connectivity index (χ2n) is 5.88. The van der Waals surface area contributed by atoms with Gasteiger partial charge in [0.05, 0.1) is 12.1 Å². The lowest BCUT2D eigenvalue weighted by Gasteiger charge is -2.29. The highest BCUT2D eigenvalue weighted by atomic mass is 19.4. The van der Waals surface area contributed by atoms with Crippen molar-refractivity contribution in [1.29, 1.82) is 0 Å². The van der Waals surface area contributed by atoms with E-state index in [0.29, 0.717) is 25.9 Å². The molecule has 2 amide bonds. The molecule has 0 saturated carbocycles. The molecule has 0 radical (unpaired) electrons. The van der Waals surface area contributed by atoms with Crippen molar-refractivity contribution in [3.8, 4) is 0 Å². The van der Waals surface area contributed by atoms with Crippen molar-refractivity contribution in [2.24, 2.45) is 11.7 Å². The Hall–Kier alpha value is -2.09. The number of carbonyl (C=O) groups is 2. The van der Waals surface area contributed by atoms with Crippen LogP contribution in [-0.4, -0.2) is 36.3 Å². The Bertz CT molecular complexity index is 596. The summed E-state index contributed by atoms with van der Waals surface area (Å²) in [6.07, 6.45) is -3.25. The van der Waals surface area contributed by atoms with Crippen LogP contribution in [0.2, 0.25) is 0 Å². The molecule has 1 aromatic rings. The maximum atomic E-state index is 12.9. The second kappa shape index (κ2) is 7.65. The first kappa shape index (κ1) is 18.3. The molecule has 132 valence electrons. The van der Waals surface area contributed by atoms with Crippen molar-refractivity contribution < 1.29 is 22.8 Å². The van der Waals surface area contributed by atoms with E-state index in [1.807, 2.05) is 4.90 Å². The van der Waals surface area contributed by atoms with Crippen molar-refractivity contribution in [1.82, 2.24) is 10.2 Å². The first-order valence-electron chi connectivity index (χ1n) is 7.71. The number of rotatable bonds is 5. The lowest BCUT2D eigenvalue weighted by molar-refractivity contribution is -0.138. The van der Waals surface area contributed by atoms with Crippen LogP contribution < -0.4 is 11.1 Å². The predicted octanol–water partition coefficient (Wildman–Crippen LogP) is 1.52. The van der Waals surface area contributed by atoms with Gasteiger partial charge in [0.2, 0.25) is 11.8 Å².